The van der Waals surface area contributed by atoms with Crippen LogP contribution in [0.25, 0.3) is 0 Å². The molecule has 8 heavy (non-hydrogen) atoms. The molecular formula is C4H9N3S. The lowest BCUT2D eigenvalue weighted by molar-refractivity contribution is 0.500. The standard InChI is InChI=1S/C4H9N3S/c5-3-1-4(8)7-2-6-3/h3,6H,1-2,5H2,(H,7,8). The molecule has 0 saturated carbocycles. The zero-order chi connectivity index (χ0) is 5.98. The molecule has 0 aromatic heterocycles. The normalized spacial score (nSPS) is 29.6. The lowest BCUT2D eigenvalue weighted by Crippen LogP contribution is -2.51. The van der Waals surface area contributed by atoms with E-state index in [4.69, 9.17) is 18.0 Å². The van der Waals surface area contributed by atoms with Gasteiger partial charge in [0, 0.05) is 6.42 Å². The second-order valence-corrected chi connectivity index (χ2v) is 2.28. The lowest BCUT2D eigenvalue weighted by atomic mass is 10.3. The summed E-state index contributed by atoms with van der Waals surface area (Å²) in [6, 6.07) is 0. The number of thiocarbonyl (C=S) groups is 1. The van der Waals surface area contributed by atoms with Gasteiger partial charge in [-0.25, -0.2) is 0 Å². The quantitative estimate of drug-likeness (QED) is 0.374. The Hall–Kier alpha value is -0.190. The summed E-state index contributed by atoms with van der Waals surface area (Å²) in [6.07, 6.45) is 0.818. The zero-order valence-corrected chi connectivity index (χ0v) is 5.29. The molecule has 1 saturated heterocycles. The Bertz CT molecular complexity index is 103. The Morgan fingerprint density at radius 2 is 2.50 bits per heavy atom. The van der Waals surface area contributed by atoms with Crippen LogP contribution in [0.2, 0.25) is 0 Å². The second kappa shape index (κ2) is 2.39. The fourth-order valence-electron chi connectivity index (χ4n) is 0.625. The molecule has 1 aliphatic heterocycles. The monoisotopic (exact) mass is 131 g/mol. The first kappa shape index (κ1) is 5.94. The predicted molar refractivity (Wildman–Crippen MR) is 36.3 cm³/mol. The molecule has 0 radical (unpaired) electrons. The van der Waals surface area contributed by atoms with Gasteiger partial charge in [0.15, 0.2) is 0 Å². The summed E-state index contributed by atoms with van der Waals surface area (Å²) < 4.78 is 0. The average Bonchev–Trinajstić information content (AvgIpc) is 1.64. The highest BCUT2D eigenvalue weighted by Crippen LogP contribution is 1.89. The van der Waals surface area contributed by atoms with Crippen molar-refractivity contribution < 1.29 is 0 Å². The van der Waals surface area contributed by atoms with Gasteiger partial charge in [-0.1, -0.05) is 12.2 Å². The molecule has 46 valence electrons. The van der Waals surface area contributed by atoms with E-state index in [1.165, 1.54) is 0 Å². The number of hydrogen-bond donors (Lipinski definition) is 3. The van der Waals surface area contributed by atoms with Crippen LogP contribution in [0.1, 0.15) is 6.42 Å². The van der Waals surface area contributed by atoms with Crippen molar-refractivity contribution in [2.75, 3.05) is 6.67 Å². The van der Waals surface area contributed by atoms with Crippen LogP contribution in [0, 0.1) is 0 Å². The third-order valence-corrected chi connectivity index (χ3v) is 1.37. The van der Waals surface area contributed by atoms with Gasteiger partial charge in [0.1, 0.15) is 0 Å². The van der Waals surface area contributed by atoms with Crippen molar-refractivity contribution in [3.8, 4) is 0 Å². The van der Waals surface area contributed by atoms with Gasteiger partial charge in [-0.05, 0) is 0 Å². The summed E-state index contributed by atoms with van der Waals surface area (Å²) in [5.41, 5.74) is 5.49. The molecule has 1 unspecified atom stereocenters. The van der Waals surface area contributed by atoms with E-state index >= 15 is 0 Å². The highest BCUT2D eigenvalue weighted by molar-refractivity contribution is 7.80. The summed E-state index contributed by atoms with van der Waals surface area (Å²) >= 11 is 4.85. The smallest absolute Gasteiger partial charge is 0.0792 e. The Kier molecular flexibility index (Phi) is 1.77. The Morgan fingerprint density at radius 1 is 1.75 bits per heavy atom. The maximum atomic E-state index is 5.49. The van der Waals surface area contributed by atoms with Gasteiger partial charge in [-0.3, -0.25) is 5.32 Å². The molecule has 0 spiro atoms. The van der Waals surface area contributed by atoms with Crippen LogP contribution in [0.5, 0.6) is 0 Å². The Morgan fingerprint density at radius 3 is 2.88 bits per heavy atom. The first-order valence-electron chi connectivity index (χ1n) is 2.55. The van der Waals surface area contributed by atoms with Crippen molar-refractivity contribution >= 4 is 17.2 Å². The third kappa shape index (κ3) is 1.40. The zero-order valence-electron chi connectivity index (χ0n) is 4.48. The van der Waals surface area contributed by atoms with E-state index < -0.39 is 0 Å². The molecule has 1 fully saturated rings. The molecule has 0 aliphatic carbocycles. The van der Waals surface area contributed by atoms with Gasteiger partial charge in [-0.15, -0.1) is 0 Å². The molecule has 0 aromatic carbocycles. The minimum atomic E-state index is 0.0590. The topological polar surface area (TPSA) is 50.1 Å². The van der Waals surface area contributed by atoms with Crippen LogP contribution >= 0.6 is 12.2 Å². The van der Waals surface area contributed by atoms with Gasteiger partial charge >= 0.3 is 0 Å². The van der Waals surface area contributed by atoms with Crippen molar-refractivity contribution in [2.24, 2.45) is 5.73 Å². The predicted octanol–water partition coefficient (Wildman–Crippen LogP) is -0.861. The van der Waals surface area contributed by atoms with Gasteiger partial charge in [0.25, 0.3) is 0 Å². The average molecular weight is 131 g/mol. The molecular weight excluding hydrogens is 122 g/mol. The Labute approximate surface area is 53.6 Å². The summed E-state index contributed by atoms with van der Waals surface area (Å²) in [5.74, 6) is 0. The van der Waals surface area contributed by atoms with E-state index in [1.54, 1.807) is 0 Å². The largest absolute Gasteiger partial charge is 0.367 e. The van der Waals surface area contributed by atoms with E-state index in [0.717, 1.165) is 11.4 Å². The third-order valence-electron chi connectivity index (χ3n) is 1.06. The van der Waals surface area contributed by atoms with Crippen LogP contribution in [0.4, 0.5) is 0 Å². The highest BCUT2D eigenvalue weighted by atomic mass is 32.1. The van der Waals surface area contributed by atoms with E-state index in [9.17, 15) is 0 Å². The second-order valence-electron chi connectivity index (χ2n) is 1.79. The van der Waals surface area contributed by atoms with Crippen molar-refractivity contribution in [2.45, 2.75) is 12.6 Å². The van der Waals surface area contributed by atoms with E-state index in [0.29, 0.717) is 6.67 Å². The fourth-order valence-corrected chi connectivity index (χ4v) is 0.877. The van der Waals surface area contributed by atoms with Crippen molar-refractivity contribution in [3.05, 3.63) is 0 Å². The molecule has 0 amide bonds. The van der Waals surface area contributed by atoms with E-state index in [1.807, 2.05) is 0 Å². The van der Waals surface area contributed by atoms with Crippen molar-refractivity contribution in [1.29, 1.82) is 0 Å². The molecule has 0 aromatic rings. The van der Waals surface area contributed by atoms with Crippen LogP contribution in [0.15, 0.2) is 0 Å². The maximum absolute atomic E-state index is 5.49. The fraction of sp³-hybridized carbons (Fsp3) is 0.750. The SMILES string of the molecule is NC1CC(=S)NCN1. The van der Waals surface area contributed by atoms with Gasteiger partial charge in [0.2, 0.25) is 0 Å². The van der Waals surface area contributed by atoms with Crippen LogP contribution < -0.4 is 16.4 Å². The minimum Gasteiger partial charge on any atom is -0.367 e. The van der Waals surface area contributed by atoms with Gasteiger partial charge in [0.05, 0.1) is 17.8 Å². The number of nitrogens with two attached hydrogens (primary N) is 1. The first-order chi connectivity index (χ1) is 3.79. The molecule has 1 atom stereocenters. The molecule has 0 bridgehead atoms. The maximum Gasteiger partial charge on any atom is 0.0792 e. The molecule has 4 heteroatoms. The Balaban J connectivity index is 2.34. The summed E-state index contributed by atoms with van der Waals surface area (Å²) in [6.45, 7) is 0.708. The molecule has 4 N–H and O–H groups in total. The molecule has 1 rings (SSSR count). The van der Waals surface area contributed by atoms with E-state index in [-0.39, 0.29) is 6.17 Å². The minimum absolute atomic E-state index is 0.0590. The summed E-state index contributed by atoms with van der Waals surface area (Å²) in [4.78, 5) is 0.858. The van der Waals surface area contributed by atoms with Crippen molar-refractivity contribution in [3.63, 3.8) is 0 Å². The highest BCUT2D eigenvalue weighted by Gasteiger charge is 2.09. The van der Waals surface area contributed by atoms with Gasteiger partial charge < -0.3 is 11.1 Å². The summed E-state index contributed by atoms with van der Waals surface area (Å²) in [5, 5.41) is 5.94. The van der Waals surface area contributed by atoms with Crippen molar-refractivity contribution in [1.82, 2.24) is 10.6 Å². The number of nitrogens with one attached hydrogen (secondary N) is 2. The molecule has 1 heterocycles. The molecule has 3 nitrogen and oxygen atoms in total. The number of rotatable bonds is 0. The van der Waals surface area contributed by atoms with E-state index in [2.05, 4.69) is 10.6 Å². The molecule has 1 aliphatic rings. The summed E-state index contributed by atoms with van der Waals surface area (Å²) in [7, 11) is 0. The lowest BCUT2D eigenvalue weighted by Gasteiger charge is -2.21. The van der Waals surface area contributed by atoms with Crippen LogP contribution in [-0.2, 0) is 0 Å². The van der Waals surface area contributed by atoms with Crippen LogP contribution in [-0.4, -0.2) is 17.8 Å². The number of hydrogen-bond acceptors (Lipinski definition) is 3. The first-order valence-corrected chi connectivity index (χ1v) is 2.95. The van der Waals surface area contributed by atoms with Crippen LogP contribution in [0.3, 0.4) is 0 Å². The van der Waals surface area contributed by atoms with Gasteiger partial charge in [-0.2, -0.15) is 0 Å².